The molecule has 2 heterocycles. The van der Waals surface area contributed by atoms with Crippen molar-refractivity contribution in [2.24, 2.45) is 5.92 Å². The minimum Gasteiger partial charge on any atom is -0.458 e. The number of amides is 1. The molecule has 1 spiro atoms. The molecule has 1 aromatic rings. The van der Waals surface area contributed by atoms with Crippen molar-refractivity contribution in [3.63, 3.8) is 0 Å². The predicted octanol–water partition coefficient (Wildman–Crippen LogP) is 1.92. The van der Waals surface area contributed by atoms with Crippen LogP contribution in [-0.2, 0) is 20.9 Å². The molecule has 0 aromatic carbocycles. The molecule has 22 heavy (non-hydrogen) atoms. The number of aromatic nitrogens is 2. The Morgan fingerprint density at radius 3 is 2.95 bits per heavy atom. The van der Waals surface area contributed by atoms with Gasteiger partial charge in [0.2, 0.25) is 5.91 Å². The number of nitrogens with zero attached hydrogens (tertiary/aromatic N) is 2. The number of halogens is 1. The second-order valence-electron chi connectivity index (χ2n) is 6.07. The van der Waals surface area contributed by atoms with Crippen molar-refractivity contribution in [2.45, 2.75) is 50.7 Å². The average Bonchev–Trinajstić information content (AvgIpc) is 3.18. The monoisotopic (exact) mass is 325 g/mol. The van der Waals surface area contributed by atoms with E-state index >= 15 is 0 Å². The molecule has 3 rings (SSSR count). The summed E-state index contributed by atoms with van der Waals surface area (Å²) in [6, 6.07) is 0. The molecule has 1 unspecified atom stereocenters. The van der Waals surface area contributed by atoms with Gasteiger partial charge in [0, 0.05) is 19.3 Å². The molecule has 2 aliphatic rings. The second-order valence-corrected chi connectivity index (χ2v) is 6.51. The lowest BCUT2D eigenvalue weighted by Crippen LogP contribution is -2.43. The number of esters is 1. The molecule has 6 nitrogen and oxygen atoms in total. The Bertz CT molecular complexity index is 566. The normalized spacial score (nSPS) is 23.0. The van der Waals surface area contributed by atoms with E-state index in [1.54, 1.807) is 17.1 Å². The third-order valence-electron chi connectivity index (χ3n) is 4.55. The lowest BCUT2D eigenvalue weighted by molar-refractivity contribution is -0.149. The minimum atomic E-state index is -0.531. The topological polar surface area (TPSA) is 73.2 Å². The van der Waals surface area contributed by atoms with Crippen LogP contribution in [-0.4, -0.2) is 33.8 Å². The first-order valence-electron chi connectivity index (χ1n) is 7.77. The highest BCUT2D eigenvalue weighted by molar-refractivity contribution is 6.30. The number of aryl methyl sites for hydroxylation is 1. The van der Waals surface area contributed by atoms with Crippen LogP contribution < -0.4 is 5.32 Å². The standard InChI is InChI=1S/C15H20ClN3O3/c16-11-9-18-19(10-11)7-3-6-17-14(21)12-8-13(20)22-15(12)4-1-2-5-15/h9-10,12H,1-8H2,(H,17,21). The first kappa shape index (κ1) is 15.3. The van der Waals surface area contributed by atoms with Gasteiger partial charge < -0.3 is 10.1 Å². The molecule has 1 aliphatic heterocycles. The minimum absolute atomic E-state index is 0.0637. The van der Waals surface area contributed by atoms with Gasteiger partial charge in [-0.1, -0.05) is 11.6 Å². The van der Waals surface area contributed by atoms with Crippen LogP contribution in [0.5, 0.6) is 0 Å². The Balaban J connectivity index is 1.48. The van der Waals surface area contributed by atoms with Crippen LogP contribution in [0.25, 0.3) is 0 Å². The lowest BCUT2D eigenvalue weighted by atomic mass is 9.85. The van der Waals surface area contributed by atoms with Gasteiger partial charge in [-0.05, 0) is 32.1 Å². The second kappa shape index (κ2) is 6.28. The maximum absolute atomic E-state index is 12.4. The summed E-state index contributed by atoms with van der Waals surface area (Å²) >= 11 is 5.79. The van der Waals surface area contributed by atoms with E-state index in [1.807, 2.05) is 0 Å². The molecular formula is C15H20ClN3O3. The van der Waals surface area contributed by atoms with E-state index in [0.29, 0.717) is 18.1 Å². The Kier molecular flexibility index (Phi) is 4.38. The van der Waals surface area contributed by atoms with Crippen LogP contribution in [0.3, 0.4) is 0 Å². The maximum Gasteiger partial charge on any atom is 0.307 e. The van der Waals surface area contributed by atoms with Gasteiger partial charge in [0.15, 0.2) is 0 Å². The number of ether oxygens (including phenoxy) is 1. The highest BCUT2D eigenvalue weighted by Gasteiger charge is 2.53. The number of nitrogens with one attached hydrogen (secondary N) is 1. The number of carbonyl (C=O) groups excluding carboxylic acids is 2. The van der Waals surface area contributed by atoms with Crippen molar-refractivity contribution in [3.05, 3.63) is 17.4 Å². The Morgan fingerprint density at radius 2 is 2.27 bits per heavy atom. The third kappa shape index (κ3) is 3.11. The molecule has 1 aliphatic carbocycles. The lowest BCUT2D eigenvalue weighted by Gasteiger charge is -2.27. The fourth-order valence-electron chi connectivity index (χ4n) is 3.48. The zero-order chi connectivity index (χ0) is 15.6. The van der Waals surface area contributed by atoms with E-state index < -0.39 is 5.60 Å². The van der Waals surface area contributed by atoms with Crippen LogP contribution in [0, 0.1) is 5.92 Å². The van der Waals surface area contributed by atoms with Crippen molar-refractivity contribution >= 4 is 23.5 Å². The molecule has 1 saturated heterocycles. The molecule has 1 atom stereocenters. The largest absolute Gasteiger partial charge is 0.458 e. The molecule has 120 valence electrons. The Hall–Kier alpha value is -1.56. The van der Waals surface area contributed by atoms with Gasteiger partial charge in [-0.15, -0.1) is 0 Å². The van der Waals surface area contributed by atoms with Crippen LogP contribution in [0.4, 0.5) is 0 Å². The highest BCUT2D eigenvalue weighted by atomic mass is 35.5. The molecule has 1 N–H and O–H groups in total. The number of hydrogen-bond donors (Lipinski definition) is 1. The number of carbonyl (C=O) groups is 2. The predicted molar refractivity (Wildman–Crippen MR) is 80.3 cm³/mol. The van der Waals surface area contributed by atoms with Crippen molar-refractivity contribution in [1.82, 2.24) is 15.1 Å². The van der Waals surface area contributed by atoms with Crippen molar-refractivity contribution in [2.75, 3.05) is 6.54 Å². The first-order chi connectivity index (χ1) is 10.6. The van der Waals surface area contributed by atoms with E-state index in [-0.39, 0.29) is 24.2 Å². The molecule has 0 radical (unpaired) electrons. The summed E-state index contributed by atoms with van der Waals surface area (Å²) in [5.74, 6) is -0.638. The zero-order valence-corrected chi connectivity index (χ0v) is 13.1. The Morgan fingerprint density at radius 1 is 1.50 bits per heavy atom. The van der Waals surface area contributed by atoms with Gasteiger partial charge >= 0.3 is 5.97 Å². The van der Waals surface area contributed by atoms with Crippen molar-refractivity contribution in [1.29, 1.82) is 0 Å². The van der Waals surface area contributed by atoms with E-state index in [1.165, 1.54) is 0 Å². The molecule has 1 amide bonds. The summed E-state index contributed by atoms with van der Waals surface area (Å²) in [6.45, 7) is 1.25. The highest BCUT2D eigenvalue weighted by Crippen LogP contribution is 2.45. The SMILES string of the molecule is O=C1CC(C(=O)NCCCn2cc(Cl)cn2)C2(CCCC2)O1. The summed E-state index contributed by atoms with van der Waals surface area (Å²) in [7, 11) is 0. The van der Waals surface area contributed by atoms with Crippen LogP contribution in [0.2, 0.25) is 5.02 Å². The quantitative estimate of drug-likeness (QED) is 0.663. The van der Waals surface area contributed by atoms with Gasteiger partial charge in [0.1, 0.15) is 5.60 Å². The summed E-state index contributed by atoms with van der Waals surface area (Å²) in [4.78, 5) is 24.0. The number of hydrogen-bond acceptors (Lipinski definition) is 4. The van der Waals surface area contributed by atoms with Gasteiger partial charge in [-0.3, -0.25) is 14.3 Å². The van der Waals surface area contributed by atoms with Crippen molar-refractivity contribution in [3.8, 4) is 0 Å². The molecule has 7 heteroatoms. The zero-order valence-electron chi connectivity index (χ0n) is 12.4. The van der Waals surface area contributed by atoms with Gasteiger partial charge in [-0.25, -0.2) is 0 Å². The van der Waals surface area contributed by atoms with E-state index in [0.717, 1.165) is 32.1 Å². The average molecular weight is 326 g/mol. The molecular weight excluding hydrogens is 306 g/mol. The number of rotatable bonds is 5. The third-order valence-corrected chi connectivity index (χ3v) is 4.75. The molecule has 1 saturated carbocycles. The first-order valence-corrected chi connectivity index (χ1v) is 8.14. The summed E-state index contributed by atoms with van der Waals surface area (Å²) < 4.78 is 7.24. The molecule has 0 bridgehead atoms. The Labute approximate surface area is 134 Å². The maximum atomic E-state index is 12.4. The van der Waals surface area contributed by atoms with Gasteiger partial charge in [0.25, 0.3) is 0 Å². The fourth-order valence-corrected chi connectivity index (χ4v) is 3.64. The summed E-state index contributed by atoms with van der Waals surface area (Å²) in [6.07, 6.45) is 7.98. The summed E-state index contributed by atoms with van der Waals surface area (Å²) in [5, 5.41) is 7.62. The van der Waals surface area contributed by atoms with Crippen LogP contribution in [0.15, 0.2) is 12.4 Å². The van der Waals surface area contributed by atoms with E-state index in [2.05, 4.69) is 10.4 Å². The van der Waals surface area contributed by atoms with E-state index in [4.69, 9.17) is 16.3 Å². The van der Waals surface area contributed by atoms with Crippen LogP contribution >= 0.6 is 11.6 Å². The smallest absolute Gasteiger partial charge is 0.307 e. The van der Waals surface area contributed by atoms with E-state index in [9.17, 15) is 9.59 Å². The van der Waals surface area contributed by atoms with Crippen LogP contribution in [0.1, 0.15) is 38.5 Å². The molecule has 1 aromatic heterocycles. The van der Waals surface area contributed by atoms with Gasteiger partial charge in [-0.2, -0.15) is 5.10 Å². The molecule has 2 fully saturated rings. The fraction of sp³-hybridized carbons (Fsp3) is 0.667. The van der Waals surface area contributed by atoms with Gasteiger partial charge in [0.05, 0.1) is 23.6 Å². The van der Waals surface area contributed by atoms with Crippen molar-refractivity contribution < 1.29 is 14.3 Å². The summed E-state index contributed by atoms with van der Waals surface area (Å²) in [5.41, 5.74) is -0.531.